The fourth-order valence-electron chi connectivity index (χ4n) is 1.54. The van der Waals surface area contributed by atoms with Crippen LogP contribution >= 0.6 is 39.7 Å². The lowest BCUT2D eigenvalue weighted by Crippen LogP contribution is -2.27. The Bertz CT molecular complexity index is 572. The molecule has 0 atom stereocenters. The fraction of sp³-hybridized carbons (Fsp3) is 0.0714. The van der Waals surface area contributed by atoms with Crippen LogP contribution in [-0.2, 0) is 6.54 Å². The molecule has 0 fully saturated rings. The molecule has 2 nitrogen and oxygen atoms in total. The molecule has 0 aliphatic rings. The molecule has 5 heteroatoms. The second-order valence-electron chi connectivity index (χ2n) is 3.94. The highest BCUT2D eigenvalue weighted by Crippen LogP contribution is 2.14. The van der Waals surface area contributed by atoms with Crippen LogP contribution < -0.4 is 10.6 Å². The molecule has 0 heterocycles. The standard InChI is InChI=1S/C14H12BrClN2S/c15-11-4-6-13(7-5-11)18-14(19)17-9-10-2-1-3-12(16)8-10/h1-8H,9H2,(H2,17,18,19). The molecule has 0 unspecified atom stereocenters. The maximum absolute atomic E-state index is 5.92. The van der Waals surface area contributed by atoms with Crippen LogP contribution in [0.15, 0.2) is 53.0 Å². The lowest BCUT2D eigenvalue weighted by atomic mass is 10.2. The topological polar surface area (TPSA) is 24.1 Å². The molecule has 0 aliphatic carbocycles. The summed E-state index contributed by atoms with van der Waals surface area (Å²) in [6, 6.07) is 15.5. The monoisotopic (exact) mass is 354 g/mol. The Morgan fingerprint density at radius 3 is 2.58 bits per heavy atom. The summed E-state index contributed by atoms with van der Waals surface area (Å²) >= 11 is 14.5. The van der Waals surface area contributed by atoms with E-state index in [1.807, 2.05) is 48.5 Å². The van der Waals surface area contributed by atoms with Gasteiger partial charge in [0.2, 0.25) is 0 Å². The van der Waals surface area contributed by atoms with Gasteiger partial charge in [0, 0.05) is 21.7 Å². The zero-order chi connectivity index (χ0) is 13.7. The van der Waals surface area contributed by atoms with Gasteiger partial charge in [-0.1, -0.05) is 39.7 Å². The Labute approximate surface area is 131 Å². The fourth-order valence-corrected chi connectivity index (χ4v) is 2.21. The van der Waals surface area contributed by atoms with Gasteiger partial charge in [-0.3, -0.25) is 0 Å². The summed E-state index contributed by atoms with van der Waals surface area (Å²) < 4.78 is 1.04. The van der Waals surface area contributed by atoms with Crippen LogP contribution in [0.2, 0.25) is 5.02 Å². The van der Waals surface area contributed by atoms with Crippen molar-refractivity contribution >= 4 is 50.5 Å². The molecular formula is C14H12BrClN2S. The molecule has 0 spiro atoms. The largest absolute Gasteiger partial charge is 0.358 e. The third-order valence-corrected chi connectivity index (χ3v) is 3.45. The Morgan fingerprint density at radius 2 is 1.89 bits per heavy atom. The number of thiocarbonyl (C=S) groups is 1. The molecule has 98 valence electrons. The van der Waals surface area contributed by atoms with E-state index in [0.717, 1.165) is 20.7 Å². The molecule has 0 saturated heterocycles. The molecule has 0 aliphatic heterocycles. The quantitative estimate of drug-likeness (QED) is 0.788. The highest BCUT2D eigenvalue weighted by Gasteiger charge is 1.99. The second-order valence-corrected chi connectivity index (χ2v) is 5.70. The minimum absolute atomic E-state index is 0.585. The summed E-state index contributed by atoms with van der Waals surface area (Å²) in [5, 5.41) is 7.57. The Kier molecular flexibility index (Phi) is 5.19. The number of hydrogen-bond donors (Lipinski definition) is 2. The van der Waals surface area contributed by atoms with Crippen LogP contribution in [0.25, 0.3) is 0 Å². The first kappa shape index (κ1) is 14.3. The van der Waals surface area contributed by atoms with Crippen LogP contribution in [-0.4, -0.2) is 5.11 Å². The maximum Gasteiger partial charge on any atom is 0.171 e. The van der Waals surface area contributed by atoms with Gasteiger partial charge in [0.15, 0.2) is 5.11 Å². The number of rotatable bonds is 3. The van der Waals surface area contributed by atoms with Gasteiger partial charge in [0.1, 0.15) is 0 Å². The van der Waals surface area contributed by atoms with Gasteiger partial charge in [-0.2, -0.15) is 0 Å². The minimum atomic E-state index is 0.585. The van der Waals surface area contributed by atoms with Crippen molar-refractivity contribution < 1.29 is 0 Å². The first-order valence-electron chi connectivity index (χ1n) is 5.68. The van der Waals surface area contributed by atoms with Crippen molar-refractivity contribution in [3.05, 3.63) is 63.6 Å². The average molecular weight is 356 g/mol. The molecule has 2 rings (SSSR count). The van der Waals surface area contributed by atoms with E-state index < -0.39 is 0 Å². The van der Waals surface area contributed by atoms with E-state index in [9.17, 15) is 0 Å². The minimum Gasteiger partial charge on any atom is -0.358 e. The zero-order valence-corrected chi connectivity index (χ0v) is 13.1. The summed E-state index contributed by atoms with van der Waals surface area (Å²) in [7, 11) is 0. The van der Waals surface area contributed by atoms with Gasteiger partial charge in [-0.15, -0.1) is 0 Å². The van der Waals surface area contributed by atoms with Crippen LogP contribution in [0.1, 0.15) is 5.56 Å². The van der Waals surface area contributed by atoms with Crippen molar-refractivity contribution in [1.82, 2.24) is 5.32 Å². The zero-order valence-electron chi connectivity index (χ0n) is 9.99. The summed E-state index contributed by atoms with van der Waals surface area (Å²) in [5.41, 5.74) is 2.04. The molecule has 0 saturated carbocycles. The number of anilines is 1. The van der Waals surface area contributed by atoms with Gasteiger partial charge in [-0.25, -0.2) is 0 Å². The van der Waals surface area contributed by atoms with E-state index in [4.69, 9.17) is 23.8 Å². The molecule has 2 aromatic rings. The Morgan fingerprint density at radius 1 is 1.16 bits per heavy atom. The van der Waals surface area contributed by atoms with Crippen LogP contribution in [0.3, 0.4) is 0 Å². The lowest BCUT2D eigenvalue weighted by molar-refractivity contribution is 0.926. The van der Waals surface area contributed by atoms with Crippen molar-refractivity contribution in [2.75, 3.05) is 5.32 Å². The Hall–Kier alpha value is -1.10. The van der Waals surface area contributed by atoms with E-state index in [1.165, 1.54) is 0 Å². The predicted octanol–water partition coefficient (Wildman–Crippen LogP) is 4.59. The van der Waals surface area contributed by atoms with Gasteiger partial charge in [0.25, 0.3) is 0 Å². The molecule has 2 N–H and O–H groups in total. The van der Waals surface area contributed by atoms with Crippen molar-refractivity contribution in [1.29, 1.82) is 0 Å². The van der Waals surface area contributed by atoms with Gasteiger partial charge in [0.05, 0.1) is 0 Å². The molecule has 0 amide bonds. The van der Waals surface area contributed by atoms with Crippen LogP contribution in [0.5, 0.6) is 0 Å². The predicted molar refractivity (Wildman–Crippen MR) is 88.7 cm³/mol. The van der Waals surface area contributed by atoms with E-state index in [0.29, 0.717) is 11.7 Å². The van der Waals surface area contributed by atoms with E-state index in [-0.39, 0.29) is 0 Å². The third-order valence-electron chi connectivity index (χ3n) is 2.44. The normalized spacial score (nSPS) is 10.0. The molecule has 0 aromatic heterocycles. The molecule has 2 aromatic carbocycles. The summed E-state index contributed by atoms with van der Waals surface area (Å²) in [5.74, 6) is 0. The maximum atomic E-state index is 5.92. The van der Waals surface area contributed by atoms with Crippen molar-refractivity contribution in [2.24, 2.45) is 0 Å². The third kappa shape index (κ3) is 4.82. The van der Waals surface area contributed by atoms with E-state index in [1.54, 1.807) is 0 Å². The Balaban J connectivity index is 1.86. The smallest absolute Gasteiger partial charge is 0.171 e. The summed E-state index contributed by atoms with van der Waals surface area (Å²) in [6.07, 6.45) is 0. The number of benzene rings is 2. The lowest BCUT2D eigenvalue weighted by Gasteiger charge is -2.10. The first-order chi connectivity index (χ1) is 9.13. The van der Waals surface area contributed by atoms with Gasteiger partial charge in [-0.05, 0) is 54.2 Å². The molecule has 0 radical (unpaired) electrons. The van der Waals surface area contributed by atoms with E-state index >= 15 is 0 Å². The first-order valence-corrected chi connectivity index (χ1v) is 7.26. The molecule has 19 heavy (non-hydrogen) atoms. The molecular weight excluding hydrogens is 344 g/mol. The van der Waals surface area contributed by atoms with Gasteiger partial charge >= 0.3 is 0 Å². The highest BCUT2D eigenvalue weighted by atomic mass is 79.9. The number of hydrogen-bond acceptors (Lipinski definition) is 1. The average Bonchev–Trinajstić information content (AvgIpc) is 2.39. The van der Waals surface area contributed by atoms with Crippen molar-refractivity contribution in [3.63, 3.8) is 0 Å². The SMILES string of the molecule is S=C(NCc1cccc(Cl)c1)Nc1ccc(Br)cc1. The second kappa shape index (κ2) is 6.89. The van der Waals surface area contributed by atoms with Crippen molar-refractivity contribution in [2.45, 2.75) is 6.54 Å². The van der Waals surface area contributed by atoms with Gasteiger partial charge < -0.3 is 10.6 Å². The number of halogens is 2. The van der Waals surface area contributed by atoms with Crippen LogP contribution in [0.4, 0.5) is 5.69 Å². The summed E-state index contributed by atoms with van der Waals surface area (Å²) in [4.78, 5) is 0. The summed E-state index contributed by atoms with van der Waals surface area (Å²) in [6.45, 7) is 0.642. The number of nitrogens with one attached hydrogen (secondary N) is 2. The van der Waals surface area contributed by atoms with Crippen molar-refractivity contribution in [3.8, 4) is 0 Å². The van der Waals surface area contributed by atoms with E-state index in [2.05, 4.69) is 26.6 Å². The van der Waals surface area contributed by atoms with Crippen LogP contribution in [0, 0.1) is 0 Å². The molecule has 0 bridgehead atoms. The highest BCUT2D eigenvalue weighted by molar-refractivity contribution is 9.10.